The molecule has 0 spiro atoms. The van der Waals surface area contributed by atoms with Gasteiger partial charge < -0.3 is 10.4 Å². The fourth-order valence-electron chi connectivity index (χ4n) is 1.72. The minimum atomic E-state index is -0.848. The van der Waals surface area contributed by atoms with E-state index in [-0.39, 0.29) is 0 Å². The molecule has 0 bridgehead atoms. The van der Waals surface area contributed by atoms with E-state index in [9.17, 15) is 4.79 Å². The van der Waals surface area contributed by atoms with Crippen molar-refractivity contribution in [3.8, 4) is 0 Å². The molecule has 0 aliphatic rings. The number of carboxylic acids is 1. The van der Waals surface area contributed by atoms with Gasteiger partial charge in [-0.25, -0.2) is 4.79 Å². The first-order chi connectivity index (χ1) is 8.49. The Balaban J connectivity index is 2.54. The zero-order chi connectivity index (χ0) is 13.5. The summed E-state index contributed by atoms with van der Waals surface area (Å²) in [6.45, 7) is 4.00. The molecule has 4 heteroatoms. The highest BCUT2D eigenvalue weighted by Gasteiger charge is 2.19. The molecule has 1 aromatic rings. The van der Waals surface area contributed by atoms with Crippen LogP contribution in [0.3, 0.4) is 0 Å². The van der Waals surface area contributed by atoms with E-state index >= 15 is 0 Å². The Morgan fingerprint density at radius 1 is 1.33 bits per heavy atom. The Morgan fingerprint density at radius 3 is 2.44 bits per heavy atom. The van der Waals surface area contributed by atoms with Gasteiger partial charge in [0.2, 0.25) is 0 Å². The Labute approximate surface area is 113 Å². The lowest BCUT2D eigenvalue weighted by Gasteiger charge is -2.18. The second kappa shape index (κ2) is 7.11. The second-order valence-corrected chi connectivity index (χ2v) is 5.24. The third-order valence-corrected chi connectivity index (χ3v) is 2.81. The van der Waals surface area contributed by atoms with Crippen LogP contribution in [-0.4, -0.2) is 22.1 Å². The molecule has 0 aliphatic heterocycles. The van der Waals surface area contributed by atoms with Crippen LogP contribution in [0, 0.1) is 5.92 Å². The maximum Gasteiger partial charge on any atom is 0.326 e. The van der Waals surface area contributed by atoms with Gasteiger partial charge in [0.05, 0.1) is 4.99 Å². The van der Waals surface area contributed by atoms with Gasteiger partial charge >= 0.3 is 5.97 Å². The minimum Gasteiger partial charge on any atom is -0.480 e. The van der Waals surface area contributed by atoms with Crippen LogP contribution in [0.5, 0.6) is 0 Å². The van der Waals surface area contributed by atoms with E-state index in [1.54, 1.807) is 0 Å². The predicted molar refractivity (Wildman–Crippen MR) is 76.8 cm³/mol. The average molecular weight is 265 g/mol. The fourth-order valence-corrected chi connectivity index (χ4v) is 2.03. The molecule has 0 aromatic heterocycles. The number of hydrogen-bond donors (Lipinski definition) is 2. The van der Waals surface area contributed by atoms with Gasteiger partial charge in [-0.05, 0) is 17.9 Å². The molecular weight excluding hydrogens is 246 g/mol. The van der Waals surface area contributed by atoms with Crippen molar-refractivity contribution in [2.75, 3.05) is 0 Å². The number of hydrogen-bond acceptors (Lipinski definition) is 2. The molecule has 0 unspecified atom stereocenters. The molecule has 0 amide bonds. The van der Waals surface area contributed by atoms with Gasteiger partial charge in [0.1, 0.15) is 6.04 Å². The molecule has 18 heavy (non-hydrogen) atoms. The first kappa shape index (κ1) is 14.6. The van der Waals surface area contributed by atoms with Crippen molar-refractivity contribution in [2.45, 2.75) is 32.7 Å². The van der Waals surface area contributed by atoms with E-state index in [0.717, 1.165) is 5.56 Å². The molecule has 0 saturated heterocycles. The topological polar surface area (TPSA) is 49.3 Å². The van der Waals surface area contributed by atoms with Crippen molar-refractivity contribution in [1.29, 1.82) is 0 Å². The standard InChI is InChI=1S/C14H19NO2S/c1-10(2)8-12(14(16)17)15-13(18)9-11-6-4-3-5-7-11/h3-7,10,12H,8-9H2,1-2H3,(H,15,18)(H,16,17)/t12-/m0/s1. The summed E-state index contributed by atoms with van der Waals surface area (Å²) in [6.07, 6.45) is 1.16. The summed E-state index contributed by atoms with van der Waals surface area (Å²) in [5.41, 5.74) is 1.09. The lowest BCUT2D eigenvalue weighted by atomic mass is 10.0. The number of thiocarbonyl (C=S) groups is 1. The summed E-state index contributed by atoms with van der Waals surface area (Å²) in [6, 6.07) is 9.19. The largest absolute Gasteiger partial charge is 0.480 e. The van der Waals surface area contributed by atoms with Gasteiger partial charge in [0.25, 0.3) is 0 Å². The highest BCUT2D eigenvalue weighted by Crippen LogP contribution is 2.06. The smallest absolute Gasteiger partial charge is 0.326 e. The first-order valence-corrected chi connectivity index (χ1v) is 6.46. The zero-order valence-corrected chi connectivity index (χ0v) is 11.5. The summed E-state index contributed by atoms with van der Waals surface area (Å²) in [4.78, 5) is 11.7. The number of aliphatic carboxylic acids is 1. The molecule has 1 aromatic carbocycles. The van der Waals surface area contributed by atoms with Crippen molar-refractivity contribution in [1.82, 2.24) is 5.32 Å². The summed E-state index contributed by atoms with van der Waals surface area (Å²) in [5, 5.41) is 12.0. The normalized spacial score (nSPS) is 12.2. The molecule has 0 radical (unpaired) electrons. The van der Waals surface area contributed by atoms with Gasteiger partial charge in [-0.15, -0.1) is 0 Å². The highest BCUT2D eigenvalue weighted by molar-refractivity contribution is 7.80. The zero-order valence-electron chi connectivity index (χ0n) is 10.7. The molecular formula is C14H19NO2S. The van der Waals surface area contributed by atoms with E-state index < -0.39 is 12.0 Å². The Bertz CT molecular complexity index is 404. The third kappa shape index (κ3) is 5.27. The number of nitrogens with one attached hydrogen (secondary N) is 1. The maximum absolute atomic E-state index is 11.1. The van der Waals surface area contributed by atoms with Crippen LogP contribution < -0.4 is 5.32 Å². The molecule has 1 rings (SSSR count). The number of carbonyl (C=O) groups is 1. The van der Waals surface area contributed by atoms with E-state index in [1.165, 1.54) is 0 Å². The molecule has 0 saturated carbocycles. The van der Waals surface area contributed by atoms with Gasteiger partial charge in [-0.1, -0.05) is 56.4 Å². The van der Waals surface area contributed by atoms with Crippen molar-refractivity contribution in [3.63, 3.8) is 0 Å². The fraction of sp³-hybridized carbons (Fsp3) is 0.429. The number of benzene rings is 1. The van der Waals surface area contributed by atoms with Crippen molar-refractivity contribution >= 4 is 23.2 Å². The third-order valence-electron chi connectivity index (χ3n) is 2.55. The second-order valence-electron chi connectivity index (χ2n) is 4.75. The van der Waals surface area contributed by atoms with E-state index in [4.69, 9.17) is 17.3 Å². The van der Waals surface area contributed by atoms with Gasteiger partial charge in [0, 0.05) is 6.42 Å². The SMILES string of the molecule is CC(C)C[C@H](NC(=S)Cc1ccccc1)C(=O)O. The maximum atomic E-state index is 11.1. The van der Waals surface area contributed by atoms with Crippen LogP contribution >= 0.6 is 12.2 Å². The Morgan fingerprint density at radius 2 is 1.94 bits per heavy atom. The van der Waals surface area contributed by atoms with E-state index in [0.29, 0.717) is 23.7 Å². The van der Waals surface area contributed by atoms with Gasteiger partial charge in [-0.3, -0.25) is 0 Å². The van der Waals surface area contributed by atoms with Crippen molar-refractivity contribution < 1.29 is 9.90 Å². The highest BCUT2D eigenvalue weighted by atomic mass is 32.1. The van der Waals surface area contributed by atoms with E-state index in [1.807, 2.05) is 44.2 Å². The average Bonchev–Trinajstić information content (AvgIpc) is 2.28. The van der Waals surface area contributed by atoms with Gasteiger partial charge in [0.15, 0.2) is 0 Å². The van der Waals surface area contributed by atoms with Crippen molar-refractivity contribution in [2.24, 2.45) is 5.92 Å². The predicted octanol–water partition coefficient (Wildman–Crippen LogP) is 2.65. The van der Waals surface area contributed by atoms with Crippen LogP contribution in [0.15, 0.2) is 30.3 Å². The lowest BCUT2D eigenvalue weighted by Crippen LogP contribution is -2.41. The van der Waals surface area contributed by atoms with Crippen LogP contribution in [0.2, 0.25) is 0 Å². The molecule has 2 N–H and O–H groups in total. The summed E-state index contributed by atoms with van der Waals surface area (Å²) < 4.78 is 0. The van der Waals surface area contributed by atoms with E-state index in [2.05, 4.69) is 5.32 Å². The van der Waals surface area contributed by atoms with Crippen LogP contribution in [-0.2, 0) is 11.2 Å². The van der Waals surface area contributed by atoms with Crippen molar-refractivity contribution in [3.05, 3.63) is 35.9 Å². The molecule has 0 heterocycles. The molecule has 3 nitrogen and oxygen atoms in total. The summed E-state index contributed by atoms with van der Waals surface area (Å²) in [5.74, 6) is -0.530. The quantitative estimate of drug-likeness (QED) is 0.776. The Hall–Kier alpha value is -1.42. The lowest BCUT2D eigenvalue weighted by molar-refractivity contribution is -0.139. The summed E-state index contributed by atoms with van der Waals surface area (Å²) >= 11 is 5.21. The number of rotatable bonds is 6. The van der Waals surface area contributed by atoms with Crippen LogP contribution in [0.1, 0.15) is 25.8 Å². The summed E-state index contributed by atoms with van der Waals surface area (Å²) in [7, 11) is 0. The molecule has 1 atom stereocenters. The van der Waals surface area contributed by atoms with Crippen LogP contribution in [0.25, 0.3) is 0 Å². The minimum absolute atomic E-state index is 0.318. The van der Waals surface area contributed by atoms with Gasteiger partial charge in [-0.2, -0.15) is 0 Å². The Kier molecular flexibility index (Phi) is 5.78. The molecule has 0 aliphatic carbocycles. The molecule has 98 valence electrons. The number of carboxylic acid groups (broad SMARTS) is 1. The molecule has 0 fully saturated rings. The monoisotopic (exact) mass is 265 g/mol. The first-order valence-electron chi connectivity index (χ1n) is 6.05. The van der Waals surface area contributed by atoms with Crippen LogP contribution in [0.4, 0.5) is 0 Å².